The number of carbonyl (C=O) groups is 2. The first kappa shape index (κ1) is 21.5. The van der Waals surface area contributed by atoms with Gasteiger partial charge in [-0.2, -0.15) is 5.10 Å². The molecule has 1 aliphatic heterocycles. The number of hydrogen-bond donors (Lipinski definition) is 1. The van der Waals surface area contributed by atoms with E-state index in [2.05, 4.69) is 31.4 Å². The van der Waals surface area contributed by atoms with E-state index >= 15 is 0 Å². The molecule has 1 saturated heterocycles. The van der Waals surface area contributed by atoms with E-state index in [0.29, 0.717) is 10.2 Å². The standard InChI is InChI=1S/C19H25BrFN3O3/c1-11(2)17(22-23-19(26)13-7-9-24(4)10-8-13)16-15(21)6-5-14(20)18(16)27-12(3)25/h5-6,11,13H,7-10H2,1-4H3,(H,23,26)/b22-17+. The van der Waals surface area contributed by atoms with Crippen LogP contribution < -0.4 is 10.2 Å². The molecule has 1 amide bonds. The van der Waals surface area contributed by atoms with Crippen molar-refractivity contribution in [2.45, 2.75) is 33.6 Å². The minimum atomic E-state index is -0.574. The summed E-state index contributed by atoms with van der Waals surface area (Å²) in [5.74, 6) is -1.58. The van der Waals surface area contributed by atoms with Gasteiger partial charge >= 0.3 is 5.97 Å². The first-order chi connectivity index (χ1) is 12.7. The number of halogens is 2. The van der Waals surface area contributed by atoms with Gasteiger partial charge in [-0.25, -0.2) is 9.82 Å². The molecule has 0 aromatic heterocycles. The number of ether oxygens (including phenoxy) is 1. The van der Waals surface area contributed by atoms with Crippen LogP contribution in [0, 0.1) is 17.7 Å². The Morgan fingerprint density at radius 3 is 2.52 bits per heavy atom. The van der Waals surface area contributed by atoms with Crippen molar-refractivity contribution in [3.63, 3.8) is 0 Å². The number of benzene rings is 1. The fraction of sp³-hybridized carbons (Fsp3) is 0.526. The molecule has 0 bridgehead atoms. The molecule has 1 fully saturated rings. The molecule has 1 heterocycles. The summed E-state index contributed by atoms with van der Waals surface area (Å²) in [6, 6.07) is 2.73. The zero-order valence-electron chi connectivity index (χ0n) is 16.0. The number of hydrogen-bond acceptors (Lipinski definition) is 5. The summed E-state index contributed by atoms with van der Waals surface area (Å²) in [4.78, 5) is 26.1. The van der Waals surface area contributed by atoms with Crippen molar-refractivity contribution >= 4 is 33.5 Å². The van der Waals surface area contributed by atoms with Gasteiger partial charge in [0.1, 0.15) is 5.82 Å². The molecule has 6 nitrogen and oxygen atoms in total. The zero-order valence-corrected chi connectivity index (χ0v) is 17.6. The van der Waals surface area contributed by atoms with Gasteiger partial charge in [-0.1, -0.05) is 13.8 Å². The average Bonchev–Trinajstić information content (AvgIpc) is 2.60. The number of hydrazone groups is 1. The summed E-state index contributed by atoms with van der Waals surface area (Å²) in [5.41, 5.74) is 2.96. The van der Waals surface area contributed by atoms with Gasteiger partial charge in [-0.15, -0.1) is 0 Å². The highest BCUT2D eigenvalue weighted by Crippen LogP contribution is 2.33. The normalized spacial score (nSPS) is 16.5. The molecule has 148 valence electrons. The lowest BCUT2D eigenvalue weighted by Crippen LogP contribution is -2.38. The monoisotopic (exact) mass is 441 g/mol. The number of nitrogens with one attached hydrogen (secondary N) is 1. The van der Waals surface area contributed by atoms with E-state index in [9.17, 15) is 14.0 Å². The summed E-state index contributed by atoms with van der Waals surface area (Å²) in [6.07, 6.45) is 1.53. The fourth-order valence-corrected chi connectivity index (χ4v) is 3.38. The molecule has 27 heavy (non-hydrogen) atoms. The van der Waals surface area contributed by atoms with Gasteiger partial charge in [-0.3, -0.25) is 9.59 Å². The average molecular weight is 442 g/mol. The van der Waals surface area contributed by atoms with Gasteiger partial charge in [0.05, 0.1) is 15.7 Å². The smallest absolute Gasteiger partial charge is 0.308 e. The minimum Gasteiger partial charge on any atom is -0.425 e. The van der Waals surface area contributed by atoms with Crippen molar-refractivity contribution < 1.29 is 18.7 Å². The molecule has 1 aliphatic rings. The molecule has 1 aromatic rings. The van der Waals surface area contributed by atoms with Gasteiger partial charge in [0, 0.05) is 12.8 Å². The quantitative estimate of drug-likeness (QED) is 0.329. The predicted molar refractivity (Wildman–Crippen MR) is 105 cm³/mol. The molecule has 0 atom stereocenters. The lowest BCUT2D eigenvalue weighted by atomic mass is 9.96. The van der Waals surface area contributed by atoms with Crippen LogP contribution in [0.4, 0.5) is 4.39 Å². The Morgan fingerprint density at radius 1 is 1.33 bits per heavy atom. The third-order valence-electron chi connectivity index (χ3n) is 4.48. The minimum absolute atomic E-state index is 0.0588. The van der Waals surface area contributed by atoms with E-state index in [0.717, 1.165) is 25.9 Å². The van der Waals surface area contributed by atoms with Crippen molar-refractivity contribution in [2.24, 2.45) is 16.9 Å². The summed E-state index contributed by atoms with van der Waals surface area (Å²) >= 11 is 3.28. The molecule has 0 saturated carbocycles. The van der Waals surface area contributed by atoms with Gasteiger partial charge in [-0.05, 0) is 67.0 Å². The van der Waals surface area contributed by atoms with Crippen molar-refractivity contribution in [2.75, 3.05) is 20.1 Å². The van der Waals surface area contributed by atoms with Crippen molar-refractivity contribution in [1.29, 1.82) is 0 Å². The molecule has 0 spiro atoms. The van der Waals surface area contributed by atoms with Crippen LogP contribution in [0.1, 0.15) is 39.2 Å². The first-order valence-electron chi connectivity index (χ1n) is 8.93. The maximum Gasteiger partial charge on any atom is 0.308 e. The van der Waals surface area contributed by atoms with Crippen LogP contribution in [0.3, 0.4) is 0 Å². The SMILES string of the molecule is CC(=O)Oc1c(Br)ccc(F)c1/C(=N/NC(=O)C1CCN(C)CC1)C(C)C. The van der Waals surface area contributed by atoms with Gasteiger partial charge < -0.3 is 9.64 Å². The van der Waals surface area contributed by atoms with E-state index in [1.807, 2.05) is 20.9 Å². The van der Waals surface area contributed by atoms with Crippen LogP contribution >= 0.6 is 15.9 Å². The largest absolute Gasteiger partial charge is 0.425 e. The van der Waals surface area contributed by atoms with Gasteiger partial charge in [0.15, 0.2) is 5.75 Å². The Balaban J connectivity index is 2.32. The molecular formula is C19H25BrFN3O3. The van der Waals surface area contributed by atoms with Gasteiger partial charge in [0.2, 0.25) is 5.91 Å². The Morgan fingerprint density at radius 2 is 1.96 bits per heavy atom. The van der Waals surface area contributed by atoms with Crippen LogP contribution in [0.2, 0.25) is 0 Å². The van der Waals surface area contributed by atoms with Gasteiger partial charge in [0.25, 0.3) is 0 Å². The third-order valence-corrected chi connectivity index (χ3v) is 5.11. The molecule has 0 unspecified atom stereocenters. The predicted octanol–water partition coefficient (Wildman–Crippen LogP) is 3.33. The highest BCUT2D eigenvalue weighted by molar-refractivity contribution is 9.10. The summed E-state index contributed by atoms with van der Waals surface area (Å²) < 4.78 is 20.2. The third kappa shape index (κ3) is 5.59. The summed E-state index contributed by atoms with van der Waals surface area (Å²) in [7, 11) is 2.02. The first-order valence-corrected chi connectivity index (χ1v) is 9.72. The highest BCUT2D eigenvalue weighted by atomic mass is 79.9. The topological polar surface area (TPSA) is 71.0 Å². The van der Waals surface area contributed by atoms with Crippen LogP contribution in [-0.2, 0) is 9.59 Å². The molecule has 2 rings (SSSR count). The maximum atomic E-state index is 14.6. The van der Waals surface area contributed by atoms with E-state index in [-0.39, 0.29) is 29.1 Å². The number of piperidine rings is 1. The second-order valence-electron chi connectivity index (χ2n) is 7.03. The lowest BCUT2D eigenvalue weighted by molar-refractivity contribution is -0.132. The van der Waals surface area contributed by atoms with Crippen molar-refractivity contribution in [1.82, 2.24) is 10.3 Å². The number of carbonyl (C=O) groups excluding carboxylic acids is 2. The van der Waals surface area contributed by atoms with E-state index < -0.39 is 11.8 Å². The Bertz CT molecular complexity index is 744. The summed E-state index contributed by atoms with van der Waals surface area (Å²) in [5, 5.41) is 4.21. The van der Waals surface area contributed by atoms with Crippen LogP contribution in [-0.4, -0.2) is 42.6 Å². The van der Waals surface area contributed by atoms with E-state index in [1.165, 1.54) is 19.1 Å². The second-order valence-corrected chi connectivity index (χ2v) is 7.89. The summed E-state index contributed by atoms with van der Waals surface area (Å²) in [6.45, 7) is 6.62. The number of amides is 1. The number of nitrogens with zero attached hydrogens (tertiary/aromatic N) is 2. The highest BCUT2D eigenvalue weighted by Gasteiger charge is 2.25. The molecule has 1 N–H and O–H groups in total. The lowest BCUT2D eigenvalue weighted by Gasteiger charge is -2.27. The Labute approximate surface area is 167 Å². The van der Waals surface area contributed by atoms with Crippen molar-refractivity contribution in [3.05, 3.63) is 28.0 Å². The van der Waals surface area contributed by atoms with Crippen LogP contribution in [0.25, 0.3) is 0 Å². The number of esters is 1. The van der Waals surface area contributed by atoms with E-state index in [1.54, 1.807) is 0 Å². The van der Waals surface area contributed by atoms with Crippen LogP contribution in [0.5, 0.6) is 5.75 Å². The fourth-order valence-electron chi connectivity index (χ4n) is 2.97. The molecule has 8 heteroatoms. The molecule has 1 aromatic carbocycles. The zero-order chi connectivity index (χ0) is 20.1. The number of likely N-dealkylation sites (tertiary alicyclic amines) is 1. The number of rotatable bonds is 5. The van der Waals surface area contributed by atoms with E-state index in [4.69, 9.17) is 4.74 Å². The molecule has 0 radical (unpaired) electrons. The second kappa shape index (κ2) is 9.41. The Kier molecular flexibility index (Phi) is 7.49. The van der Waals surface area contributed by atoms with Crippen LogP contribution in [0.15, 0.2) is 21.7 Å². The Hall–Kier alpha value is -1.80. The van der Waals surface area contributed by atoms with Crippen molar-refractivity contribution in [3.8, 4) is 5.75 Å². The maximum absolute atomic E-state index is 14.6. The molecular weight excluding hydrogens is 417 g/mol. The molecule has 0 aliphatic carbocycles.